The van der Waals surface area contributed by atoms with Crippen LogP contribution in [-0.2, 0) is 4.79 Å². The quantitative estimate of drug-likeness (QED) is 0.0727. The van der Waals surface area contributed by atoms with Gasteiger partial charge >= 0.3 is 5.97 Å². The lowest BCUT2D eigenvalue weighted by molar-refractivity contribution is -0.137. The zero-order valence-electron chi connectivity index (χ0n) is 35.8. The van der Waals surface area contributed by atoms with E-state index in [9.17, 15) is 9.90 Å². The van der Waals surface area contributed by atoms with Gasteiger partial charge in [0.05, 0.1) is 6.10 Å². The van der Waals surface area contributed by atoms with Crippen LogP contribution in [0.4, 0.5) is 0 Å². The van der Waals surface area contributed by atoms with Gasteiger partial charge in [-0.05, 0) is 104 Å². The number of hydrogen-bond donors (Lipinski definition) is 2. The molecular formula is C49H90O3. The second-order valence-electron chi connectivity index (χ2n) is 19.7. The number of aliphatic carboxylic acids is 1. The second-order valence-corrected chi connectivity index (χ2v) is 19.7. The summed E-state index contributed by atoms with van der Waals surface area (Å²) in [6.45, 7) is 14.9. The molecule has 0 amide bonds. The molecule has 3 heteroatoms. The third kappa shape index (κ3) is 14.7. The molecule has 3 fully saturated rings. The SMILES string of the molecule is CC(C)CCC[C@@H](C)[C@H]1CC[C@H]2[C@@H]3CC=C4C[C@@H](O)CC[C@]4(C)[C@H]3CC[C@]12C.CCCCCCCCCCCCCCCCCCCCCC(=O)O. The summed E-state index contributed by atoms with van der Waals surface area (Å²) in [6.07, 6.45) is 43.3. The number of fused-ring (bicyclic) bond motifs is 5. The summed E-state index contributed by atoms with van der Waals surface area (Å²) < 4.78 is 0. The molecule has 3 saturated carbocycles. The first kappa shape index (κ1) is 45.6. The first-order valence-electron chi connectivity index (χ1n) is 23.6. The van der Waals surface area contributed by atoms with E-state index in [1.54, 1.807) is 5.57 Å². The summed E-state index contributed by atoms with van der Waals surface area (Å²) in [5, 5.41) is 18.8. The van der Waals surface area contributed by atoms with E-state index in [1.165, 1.54) is 167 Å². The van der Waals surface area contributed by atoms with Crippen LogP contribution in [0.25, 0.3) is 0 Å². The predicted octanol–water partition coefficient (Wildman–Crippen LogP) is 15.3. The standard InChI is InChI=1S/C27H46O.C22H44O2/c1-18(2)7-6-8-19(3)23-11-12-24-22-10-9-20-17-21(28)13-15-26(20,4)25(22)14-16-27(23,24)5;1-2-3-4-5-6-7-8-9-10-11-12-13-14-15-16-17-18-19-20-21-22(23)24/h9,18-19,21-25,28H,6-8,10-17H2,1-5H3;2-21H2,1H3,(H,23,24)/t19-,21+,22+,23-,24+,25+,26+,27-;/m1./s1. The van der Waals surface area contributed by atoms with E-state index in [2.05, 4.69) is 47.6 Å². The minimum absolute atomic E-state index is 0.0766. The Kier molecular flexibility index (Phi) is 21.6. The Morgan fingerprint density at radius 2 is 1.23 bits per heavy atom. The van der Waals surface area contributed by atoms with Crippen molar-refractivity contribution in [3.8, 4) is 0 Å². The van der Waals surface area contributed by atoms with E-state index in [1.807, 2.05) is 0 Å². The lowest BCUT2D eigenvalue weighted by Crippen LogP contribution is -2.50. The van der Waals surface area contributed by atoms with E-state index in [0.29, 0.717) is 17.3 Å². The fraction of sp³-hybridized carbons (Fsp3) is 0.939. The number of unbranched alkanes of at least 4 members (excludes halogenated alkanes) is 18. The van der Waals surface area contributed by atoms with Crippen molar-refractivity contribution in [2.75, 3.05) is 0 Å². The Bertz CT molecular complexity index is 985. The maximum Gasteiger partial charge on any atom is 0.303 e. The number of hydrogen-bond acceptors (Lipinski definition) is 2. The fourth-order valence-corrected chi connectivity index (χ4v) is 12.0. The van der Waals surface area contributed by atoms with Gasteiger partial charge in [0.2, 0.25) is 0 Å². The predicted molar refractivity (Wildman–Crippen MR) is 225 cm³/mol. The van der Waals surface area contributed by atoms with Crippen LogP contribution in [0.1, 0.15) is 241 Å². The number of carboxylic acids is 1. The van der Waals surface area contributed by atoms with Gasteiger partial charge in [-0.15, -0.1) is 0 Å². The molecular weight excluding hydrogens is 637 g/mol. The third-order valence-corrected chi connectivity index (χ3v) is 15.3. The van der Waals surface area contributed by atoms with Crippen LogP contribution >= 0.6 is 0 Å². The van der Waals surface area contributed by atoms with Crippen LogP contribution in [-0.4, -0.2) is 22.3 Å². The van der Waals surface area contributed by atoms with Crippen molar-refractivity contribution in [1.82, 2.24) is 0 Å². The van der Waals surface area contributed by atoms with Gasteiger partial charge in [-0.1, -0.05) is 188 Å². The summed E-state index contributed by atoms with van der Waals surface area (Å²) >= 11 is 0. The topological polar surface area (TPSA) is 57.5 Å². The minimum atomic E-state index is -0.651. The largest absolute Gasteiger partial charge is 0.481 e. The Hall–Kier alpha value is -0.830. The lowest BCUT2D eigenvalue weighted by atomic mass is 9.47. The minimum Gasteiger partial charge on any atom is -0.481 e. The molecule has 4 rings (SSSR count). The maximum absolute atomic E-state index is 10.4. The number of carboxylic acid groups (broad SMARTS) is 1. The maximum atomic E-state index is 10.4. The lowest BCUT2D eigenvalue weighted by Gasteiger charge is -2.58. The Balaban J connectivity index is 0.000000285. The van der Waals surface area contributed by atoms with Gasteiger partial charge in [0.1, 0.15) is 0 Å². The molecule has 0 spiro atoms. The van der Waals surface area contributed by atoms with Crippen molar-refractivity contribution in [3.05, 3.63) is 11.6 Å². The first-order chi connectivity index (χ1) is 25.0. The Morgan fingerprint density at radius 3 is 1.75 bits per heavy atom. The summed E-state index contributed by atoms with van der Waals surface area (Å²) in [6, 6.07) is 0. The van der Waals surface area contributed by atoms with Crippen LogP contribution < -0.4 is 0 Å². The molecule has 0 aromatic heterocycles. The van der Waals surface area contributed by atoms with E-state index in [4.69, 9.17) is 5.11 Å². The van der Waals surface area contributed by atoms with Crippen LogP contribution in [0.2, 0.25) is 0 Å². The molecule has 0 saturated heterocycles. The summed E-state index contributed by atoms with van der Waals surface area (Å²) in [5.41, 5.74) is 2.60. The van der Waals surface area contributed by atoms with Crippen molar-refractivity contribution in [1.29, 1.82) is 0 Å². The first-order valence-corrected chi connectivity index (χ1v) is 23.6. The molecule has 3 nitrogen and oxygen atoms in total. The molecule has 0 radical (unpaired) electrons. The van der Waals surface area contributed by atoms with Crippen molar-refractivity contribution >= 4 is 5.97 Å². The van der Waals surface area contributed by atoms with E-state index < -0.39 is 5.97 Å². The molecule has 0 heterocycles. The van der Waals surface area contributed by atoms with Gasteiger partial charge < -0.3 is 10.2 Å². The summed E-state index contributed by atoms with van der Waals surface area (Å²) in [5.74, 6) is 4.81. The van der Waals surface area contributed by atoms with Gasteiger partial charge in [-0.3, -0.25) is 4.79 Å². The number of aliphatic hydroxyl groups is 1. The number of carbonyl (C=O) groups is 1. The highest BCUT2D eigenvalue weighted by Crippen LogP contribution is 2.67. The second kappa shape index (κ2) is 24.6. The Morgan fingerprint density at radius 1 is 0.692 bits per heavy atom. The van der Waals surface area contributed by atoms with Gasteiger partial charge in [0, 0.05) is 6.42 Å². The number of rotatable bonds is 25. The van der Waals surface area contributed by atoms with Crippen LogP contribution in [0, 0.1) is 46.3 Å². The number of allylic oxidation sites excluding steroid dienone is 1. The van der Waals surface area contributed by atoms with Crippen molar-refractivity contribution < 1.29 is 15.0 Å². The molecule has 8 atom stereocenters. The van der Waals surface area contributed by atoms with Gasteiger partial charge in [0.15, 0.2) is 0 Å². The molecule has 0 bridgehead atoms. The zero-order valence-corrected chi connectivity index (χ0v) is 35.8. The normalized spacial score (nSPS) is 30.2. The zero-order chi connectivity index (χ0) is 37.8. The van der Waals surface area contributed by atoms with Crippen LogP contribution in [0.15, 0.2) is 11.6 Å². The summed E-state index contributed by atoms with van der Waals surface area (Å²) in [7, 11) is 0. The molecule has 304 valence electrons. The highest BCUT2D eigenvalue weighted by Gasteiger charge is 2.59. The van der Waals surface area contributed by atoms with E-state index >= 15 is 0 Å². The molecule has 4 aliphatic carbocycles. The Labute approximate surface area is 324 Å². The summed E-state index contributed by atoms with van der Waals surface area (Å²) in [4.78, 5) is 10.4. The molecule has 4 aliphatic rings. The molecule has 2 N–H and O–H groups in total. The average Bonchev–Trinajstić information content (AvgIpc) is 3.47. The molecule has 0 unspecified atom stereocenters. The van der Waals surface area contributed by atoms with Gasteiger partial charge in [-0.2, -0.15) is 0 Å². The molecule has 0 aliphatic heterocycles. The van der Waals surface area contributed by atoms with E-state index in [-0.39, 0.29) is 6.10 Å². The highest BCUT2D eigenvalue weighted by molar-refractivity contribution is 5.66. The van der Waals surface area contributed by atoms with Crippen molar-refractivity contribution in [3.63, 3.8) is 0 Å². The fourth-order valence-electron chi connectivity index (χ4n) is 12.0. The van der Waals surface area contributed by atoms with E-state index in [0.717, 1.165) is 61.2 Å². The van der Waals surface area contributed by atoms with Crippen molar-refractivity contribution in [2.24, 2.45) is 46.3 Å². The highest BCUT2D eigenvalue weighted by atomic mass is 16.4. The average molecular weight is 727 g/mol. The monoisotopic (exact) mass is 727 g/mol. The van der Waals surface area contributed by atoms with Crippen LogP contribution in [0.5, 0.6) is 0 Å². The smallest absolute Gasteiger partial charge is 0.303 e. The van der Waals surface area contributed by atoms with Crippen molar-refractivity contribution in [2.45, 2.75) is 247 Å². The molecule has 0 aromatic carbocycles. The van der Waals surface area contributed by atoms with Gasteiger partial charge in [0.25, 0.3) is 0 Å². The number of aliphatic hydroxyl groups excluding tert-OH is 1. The molecule has 52 heavy (non-hydrogen) atoms. The van der Waals surface area contributed by atoms with Gasteiger partial charge in [-0.25, -0.2) is 0 Å². The van der Waals surface area contributed by atoms with Crippen LogP contribution in [0.3, 0.4) is 0 Å². The third-order valence-electron chi connectivity index (χ3n) is 15.3. The molecule has 0 aromatic rings.